The van der Waals surface area contributed by atoms with E-state index in [1.807, 2.05) is 12.1 Å². The number of benzene rings is 1. The lowest BCUT2D eigenvalue weighted by atomic mass is 10.2. The second-order valence-corrected chi connectivity index (χ2v) is 4.21. The van der Waals surface area contributed by atoms with E-state index in [4.69, 9.17) is 11.6 Å². The number of nitrogens with zero attached hydrogens (tertiary/aromatic N) is 3. The molecule has 0 saturated heterocycles. The summed E-state index contributed by atoms with van der Waals surface area (Å²) in [5.41, 5.74) is 1.54. The molecule has 1 amide bonds. The lowest BCUT2D eigenvalue weighted by Gasteiger charge is -2.05. The van der Waals surface area contributed by atoms with Crippen LogP contribution in [0, 0.1) is 0 Å². The molecule has 2 heterocycles. The fraction of sp³-hybridized carbons (Fsp3) is 0. The maximum absolute atomic E-state index is 12.0. The van der Waals surface area contributed by atoms with Crippen LogP contribution in [0.1, 0.15) is 10.5 Å². The van der Waals surface area contributed by atoms with Crippen molar-refractivity contribution >= 4 is 34.1 Å². The van der Waals surface area contributed by atoms with Crippen molar-refractivity contribution in [2.45, 2.75) is 0 Å². The highest BCUT2D eigenvalue weighted by Gasteiger charge is 2.11. The summed E-state index contributed by atoms with van der Waals surface area (Å²) in [6, 6.07) is 5.50. The fourth-order valence-corrected chi connectivity index (χ4v) is 1.86. The number of anilines is 1. The summed E-state index contributed by atoms with van der Waals surface area (Å²) in [6.07, 6.45) is 4.41. The first-order valence-corrected chi connectivity index (χ1v) is 5.83. The van der Waals surface area contributed by atoms with Crippen molar-refractivity contribution in [2.75, 3.05) is 5.32 Å². The molecule has 0 saturated carbocycles. The fourth-order valence-electron chi connectivity index (χ4n) is 1.71. The lowest BCUT2D eigenvalue weighted by Crippen LogP contribution is -2.14. The Bertz CT molecular complexity index is 754. The molecule has 0 aliphatic heterocycles. The average molecular weight is 274 g/mol. The zero-order chi connectivity index (χ0) is 13.2. The topological polar surface area (TPSA) is 83.6 Å². The summed E-state index contributed by atoms with van der Waals surface area (Å²) in [5.74, 6) is -0.378. The Hall–Kier alpha value is -2.47. The number of hydrogen-bond acceptors (Lipinski definition) is 4. The van der Waals surface area contributed by atoms with Crippen LogP contribution in [0.3, 0.4) is 0 Å². The average Bonchev–Trinajstić information content (AvgIpc) is 2.88. The van der Waals surface area contributed by atoms with Crippen LogP contribution in [0.15, 0.2) is 36.8 Å². The summed E-state index contributed by atoms with van der Waals surface area (Å²) >= 11 is 5.70. The molecule has 0 bridgehead atoms. The van der Waals surface area contributed by atoms with Crippen molar-refractivity contribution in [1.82, 2.24) is 20.2 Å². The first kappa shape index (κ1) is 11.6. The van der Waals surface area contributed by atoms with Gasteiger partial charge < -0.3 is 5.32 Å². The largest absolute Gasteiger partial charge is 0.319 e. The highest BCUT2D eigenvalue weighted by atomic mass is 35.5. The molecule has 0 atom stereocenters. The van der Waals surface area contributed by atoms with Gasteiger partial charge in [-0.05, 0) is 6.07 Å². The maximum Gasteiger partial charge on any atom is 0.275 e. The molecule has 3 aromatic rings. The van der Waals surface area contributed by atoms with E-state index < -0.39 is 0 Å². The molecular formula is C12H8ClN5O. The van der Waals surface area contributed by atoms with Gasteiger partial charge in [0.2, 0.25) is 0 Å². The maximum atomic E-state index is 12.0. The van der Waals surface area contributed by atoms with Crippen LogP contribution in [0.2, 0.25) is 5.15 Å². The van der Waals surface area contributed by atoms with Crippen molar-refractivity contribution < 1.29 is 4.79 Å². The van der Waals surface area contributed by atoms with Crippen molar-refractivity contribution in [3.8, 4) is 0 Å². The number of hydrogen-bond donors (Lipinski definition) is 2. The van der Waals surface area contributed by atoms with Gasteiger partial charge in [-0.3, -0.25) is 14.9 Å². The minimum atomic E-state index is -0.378. The SMILES string of the molecule is O=C(Nc1cccc2cn[nH]c12)c1cncc(Cl)n1. The van der Waals surface area contributed by atoms with Gasteiger partial charge in [0.15, 0.2) is 0 Å². The standard InChI is InChI=1S/C12H8ClN5O/c13-10-6-14-5-9(16-10)12(19)17-8-3-1-2-7-4-15-18-11(7)8/h1-6H,(H,15,18)(H,17,19). The van der Waals surface area contributed by atoms with Gasteiger partial charge in [-0.15, -0.1) is 0 Å². The van der Waals surface area contributed by atoms with Crippen LogP contribution in [0.5, 0.6) is 0 Å². The van der Waals surface area contributed by atoms with Crippen LogP contribution in [-0.4, -0.2) is 26.1 Å². The van der Waals surface area contributed by atoms with Crippen molar-refractivity contribution in [1.29, 1.82) is 0 Å². The van der Waals surface area contributed by atoms with Gasteiger partial charge in [0.1, 0.15) is 10.8 Å². The number of halogens is 1. The number of fused-ring (bicyclic) bond motifs is 1. The van der Waals surface area contributed by atoms with E-state index in [1.165, 1.54) is 12.4 Å². The summed E-state index contributed by atoms with van der Waals surface area (Å²) in [5, 5.41) is 10.6. The molecule has 0 radical (unpaired) electrons. The number of nitrogens with one attached hydrogen (secondary N) is 2. The normalized spacial score (nSPS) is 10.6. The van der Waals surface area contributed by atoms with Crippen molar-refractivity contribution in [2.24, 2.45) is 0 Å². The van der Waals surface area contributed by atoms with Gasteiger partial charge >= 0.3 is 0 Å². The van der Waals surface area contributed by atoms with Gasteiger partial charge in [0.25, 0.3) is 5.91 Å². The highest BCUT2D eigenvalue weighted by molar-refractivity contribution is 6.29. The number of carbonyl (C=O) groups is 1. The van der Waals surface area contributed by atoms with Gasteiger partial charge in [-0.25, -0.2) is 4.98 Å². The predicted molar refractivity (Wildman–Crippen MR) is 71.1 cm³/mol. The zero-order valence-electron chi connectivity index (χ0n) is 9.59. The lowest BCUT2D eigenvalue weighted by molar-refractivity contribution is 0.102. The molecule has 0 aliphatic rings. The molecule has 0 fully saturated rings. The number of H-pyrrole nitrogens is 1. The second-order valence-electron chi connectivity index (χ2n) is 3.82. The summed E-state index contributed by atoms with van der Waals surface area (Å²) < 4.78 is 0. The molecule has 2 N–H and O–H groups in total. The van der Waals surface area contributed by atoms with E-state index >= 15 is 0 Å². The van der Waals surface area contributed by atoms with Gasteiger partial charge in [-0.2, -0.15) is 5.10 Å². The molecule has 6 nitrogen and oxygen atoms in total. The molecule has 0 unspecified atom stereocenters. The Morgan fingerprint density at radius 3 is 3.00 bits per heavy atom. The summed E-state index contributed by atoms with van der Waals surface area (Å²) in [4.78, 5) is 19.8. The third-order valence-corrected chi connectivity index (χ3v) is 2.74. The minimum Gasteiger partial charge on any atom is -0.319 e. The second kappa shape index (κ2) is 4.66. The van der Waals surface area contributed by atoms with E-state index in [0.29, 0.717) is 5.69 Å². The third kappa shape index (κ3) is 2.25. The van der Waals surface area contributed by atoms with Crippen LogP contribution in [-0.2, 0) is 0 Å². The molecule has 7 heteroatoms. The van der Waals surface area contributed by atoms with Crippen LogP contribution in [0.25, 0.3) is 10.9 Å². The Labute approximate surface area is 112 Å². The summed E-state index contributed by atoms with van der Waals surface area (Å²) in [7, 11) is 0. The molecular weight excluding hydrogens is 266 g/mol. The Kier molecular flexibility index (Phi) is 2.85. The van der Waals surface area contributed by atoms with Gasteiger partial charge in [-0.1, -0.05) is 23.7 Å². The zero-order valence-corrected chi connectivity index (χ0v) is 10.3. The number of para-hydroxylation sites is 1. The van der Waals surface area contributed by atoms with Gasteiger partial charge in [0.05, 0.1) is 29.8 Å². The smallest absolute Gasteiger partial charge is 0.275 e. The number of amides is 1. The van der Waals surface area contributed by atoms with E-state index in [0.717, 1.165) is 10.9 Å². The van der Waals surface area contributed by atoms with Crippen molar-refractivity contribution in [3.05, 3.63) is 47.6 Å². The first-order chi connectivity index (χ1) is 9.24. The Balaban J connectivity index is 1.93. The molecule has 2 aromatic heterocycles. The number of carbonyl (C=O) groups excluding carboxylic acids is 1. The molecule has 3 rings (SSSR count). The Morgan fingerprint density at radius 2 is 2.16 bits per heavy atom. The first-order valence-electron chi connectivity index (χ1n) is 5.45. The minimum absolute atomic E-state index is 0.156. The molecule has 1 aromatic carbocycles. The summed E-state index contributed by atoms with van der Waals surface area (Å²) in [6.45, 7) is 0. The van der Waals surface area contributed by atoms with E-state index in [1.54, 1.807) is 12.3 Å². The molecule has 94 valence electrons. The third-order valence-electron chi connectivity index (χ3n) is 2.56. The monoisotopic (exact) mass is 273 g/mol. The van der Waals surface area contributed by atoms with Crippen LogP contribution >= 0.6 is 11.6 Å². The molecule has 0 aliphatic carbocycles. The van der Waals surface area contributed by atoms with E-state index in [9.17, 15) is 4.79 Å². The molecule has 19 heavy (non-hydrogen) atoms. The number of aromatic nitrogens is 4. The Morgan fingerprint density at radius 1 is 1.26 bits per heavy atom. The highest BCUT2D eigenvalue weighted by Crippen LogP contribution is 2.20. The van der Waals surface area contributed by atoms with Crippen molar-refractivity contribution in [3.63, 3.8) is 0 Å². The van der Waals surface area contributed by atoms with E-state index in [-0.39, 0.29) is 16.8 Å². The number of rotatable bonds is 2. The van der Waals surface area contributed by atoms with Crippen LogP contribution in [0.4, 0.5) is 5.69 Å². The predicted octanol–water partition coefficient (Wildman–Crippen LogP) is 2.26. The number of aromatic amines is 1. The van der Waals surface area contributed by atoms with Crippen LogP contribution < -0.4 is 5.32 Å². The quantitative estimate of drug-likeness (QED) is 0.750. The molecule has 0 spiro atoms. The van der Waals surface area contributed by atoms with E-state index in [2.05, 4.69) is 25.5 Å². The van der Waals surface area contributed by atoms with Gasteiger partial charge in [0, 0.05) is 5.39 Å².